The summed E-state index contributed by atoms with van der Waals surface area (Å²) in [5.74, 6) is 0. The lowest BCUT2D eigenvalue weighted by Gasteiger charge is -2.48. The van der Waals surface area contributed by atoms with Crippen molar-refractivity contribution < 1.29 is 0 Å². The first-order valence-electron chi connectivity index (χ1n) is 7.55. The fourth-order valence-corrected chi connectivity index (χ4v) is 3.67. The average Bonchev–Trinajstić information content (AvgIpc) is 2.46. The number of hydrogen-bond acceptors (Lipinski definition) is 3. The van der Waals surface area contributed by atoms with Gasteiger partial charge in [0.05, 0.1) is 0 Å². The summed E-state index contributed by atoms with van der Waals surface area (Å²) < 4.78 is 0. The predicted octanol–water partition coefficient (Wildman–Crippen LogP) is 2.38. The fraction of sp³-hybridized carbons (Fsp3) is 0.562. The van der Waals surface area contributed by atoms with Crippen LogP contribution in [0.3, 0.4) is 0 Å². The lowest BCUT2D eigenvalue weighted by atomic mass is 9.96. The van der Waals surface area contributed by atoms with Gasteiger partial charge in [0.2, 0.25) is 0 Å². The van der Waals surface area contributed by atoms with Gasteiger partial charge in [-0.1, -0.05) is 18.6 Å². The fourth-order valence-electron chi connectivity index (χ4n) is 3.53. The van der Waals surface area contributed by atoms with E-state index in [0.717, 1.165) is 18.2 Å². The maximum atomic E-state index is 5.67. The summed E-state index contributed by atoms with van der Waals surface area (Å²) in [6, 6.07) is 9.69. The second-order valence-corrected chi connectivity index (χ2v) is 6.50. The van der Waals surface area contributed by atoms with Crippen molar-refractivity contribution in [1.29, 1.82) is 0 Å². The molecule has 2 atom stereocenters. The maximum absolute atomic E-state index is 5.67. The molecule has 0 aliphatic carbocycles. The Labute approximate surface area is 126 Å². The third kappa shape index (κ3) is 2.67. The molecule has 2 fully saturated rings. The third-order valence-corrected chi connectivity index (χ3v) is 4.91. The van der Waals surface area contributed by atoms with E-state index in [0.29, 0.717) is 11.0 Å². The lowest BCUT2D eigenvalue weighted by molar-refractivity contribution is 0.115. The van der Waals surface area contributed by atoms with Gasteiger partial charge in [-0.05, 0) is 50.6 Å². The first-order valence-corrected chi connectivity index (χ1v) is 7.96. The summed E-state index contributed by atoms with van der Waals surface area (Å²) in [5, 5.41) is 0. The highest BCUT2D eigenvalue weighted by atomic mass is 32.1. The molecule has 0 bridgehead atoms. The molecule has 1 aromatic rings. The second kappa shape index (κ2) is 5.70. The molecule has 2 saturated heterocycles. The Morgan fingerprint density at radius 3 is 2.65 bits per heavy atom. The molecule has 2 aliphatic heterocycles. The van der Waals surface area contributed by atoms with Crippen LogP contribution in [0.5, 0.6) is 0 Å². The normalized spacial score (nSPS) is 27.1. The van der Waals surface area contributed by atoms with Crippen molar-refractivity contribution in [3.8, 4) is 0 Å². The lowest BCUT2D eigenvalue weighted by Crippen LogP contribution is -2.58. The van der Waals surface area contributed by atoms with E-state index in [-0.39, 0.29) is 0 Å². The van der Waals surface area contributed by atoms with Gasteiger partial charge < -0.3 is 10.6 Å². The van der Waals surface area contributed by atoms with Crippen molar-refractivity contribution in [1.82, 2.24) is 4.90 Å². The number of hydrogen-bond donors (Lipinski definition) is 1. The summed E-state index contributed by atoms with van der Waals surface area (Å²) in [6.45, 7) is 5.94. The zero-order valence-electron chi connectivity index (χ0n) is 12.1. The van der Waals surface area contributed by atoms with Gasteiger partial charge in [-0.2, -0.15) is 0 Å². The molecule has 0 saturated carbocycles. The van der Waals surface area contributed by atoms with Crippen molar-refractivity contribution in [3.05, 3.63) is 29.8 Å². The molecule has 3 rings (SSSR count). The van der Waals surface area contributed by atoms with Gasteiger partial charge in [0.15, 0.2) is 0 Å². The van der Waals surface area contributed by atoms with E-state index in [2.05, 4.69) is 28.9 Å². The molecule has 0 radical (unpaired) electrons. The Bertz CT molecular complexity index is 485. The van der Waals surface area contributed by atoms with Gasteiger partial charge in [0.25, 0.3) is 0 Å². The van der Waals surface area contributed by atoms with Crippen molar-refractivity contribution in [2.75, 3.05) is 24.5 Å². The van der Waals surface area contributed by atoms with Crippen LogP contribution in [0.25, 0.3) is 0 Å². The molecular weight excluding hydrogens is 266 g/mol. The minimum atomic E-state index is 0.474. The van der Waals surface area contributed by atoms with Gasteiger partial charge in [0, 0.05) is 36.4 Å². The number of nitrogens with two attached hydrogens (primary N) is 1. The first-order chi connectivity index (χ1) is 9.65. The minimum Gasteiger partial charge on any atom is -0.389 e. The maximum Gasteiger partial charge on any atom is 0.103 e. The number of piperidine rings is 1. The molecule has 108 valence electrons. The molecule has 0 amide bonds. The van der Waals surface area contributed by atoms with Gasteiger partial charge in [0.1, 0.15) is 4.99 Å². The van der Waals surface area contributed by atoms with Crippen molar-refractivity contribution in [2.24, 2.45) is 5.73 Å². The predicted molar refractivity (Wildman–Crippen MR) is 88.3 cm³/mol. The molecule has 2 unspecified atom stereocenters. The monoisotopic (exact) mass is 289 g/mol. The Morgan fingerprint density at radius 1 is 1.20 bits per heavy atom. The van der Waals surface area contributed by atoms with Crippen molar-refractivity contribution in [3.63, 3.8) is 0 Å². The number of rotatable bonds is 2. The zero-order valence-corrected chi connectivity index (χ0v) is 12.9. The van der Waals surface area contributed by atoms with E-state index in [9.17, 15) is 0 Å². The van der Waals surface area contributed by atoms with E-state index in [4.69, 9.17) is 18.0 Å². The molecule has 4 heteroatoms. The number of thiocarbonyl (C=S) groups is 1. The summed E-state index contributed by atoms with van der Waals surface area (Å²) in [7, 11) is 0. The molecule has 2 N–H and O–H groups in total. The molecule has 20 heavy (non-hydrogen) atoms. The van der Waals surface area contributed by atoms with E-state index >= 15 is 0 Å². The van der Waals surface area contributed by atoms with Crippen molar-refractivity contribution in [2.45, 2.75) is 38.3 Å². The highest BCUT2D eigenvalue weighted by molar-refractivity contribution is 7.80. The van der Waals surface area contributed by atoms with Crippen LogP contribution in [-0.4, -0.2) is 41.6 Å². The highest BCUT2D eigenvalue weighted by Gasteiger charge is 2.32. The van der Waals surface area contributed by atoms with Crippen LogP contribution in [0.4, 0.5) is 5.69 Å². The van der Waals surface area contributed by atoms with Crippen LogP contribution in [0.1, 0.15) is 31.7 Å². The molecule has 2 aliphatic rings. The van der Waals surface area contributed by atoms with Crippen LogP contribution < -0.4 is 10.6 Å². The molecule has 0 spiro atoms. The summed E-state index contributed by atoms with van der Waals surface area (Å²) in [6.07, 6.45) is 4.09. The Morgan fingerprint density at radius 2 is 1.95 bits per heavy atom. The van der Waals surface area contributed by atoms with E-state index in [1.165, 1.54) is 38.0 Å². The number of benzene rings is 1. The second-order valence-electron chi connectivity index (χ2n) is 6.06. The van der Waals surface area contributed by atoms with Crippen LogP contribution in [0.15, 0.2) is 24.3 Å². The Hall–Kier alpha value is -1.13. The molecular formula is C16H23N3S. The quantitative estimate of drug-likeness (QED) is 0.847. The summed E-state index contributed by atoms with van der Waals surface area (Å²) >= 11 is 5.02. The number of piperazine rings is 1. The van der Waals surface area contributed by atoms with Crippen LogP contribution >= 0.6 is 12.2 Å². The van der Waals surface area contributed by atoms with Gasteiger partial charge in [-0.3, -0.25) is 4.90 Å². The number of nitrogens with zero attached hydrogens (tertiary/aromatic N) is 2. The Balaban J connectivity index is 1.77. The Kier molecular flexibility index (Phi) is 3.94. The largest absolute Gasteiger partial charge is 0.389 e. The highest BCUT2D eigenvalue weighted by Crippen LogP contribution is 2.28. The molecule has 2 heterocycles. The topological polar surface area (TPSA) is 32.5 Å². The van der Waals surface area contributed by atoms with Crippen LogP contribution in [0, 0.1) is 0 Å². The van der Waals surface area contributed by atoms with E-state index in [1.807, 2.05) is 12.1 Å². The molecule has 0 aromatic heterocycles. The van der Waals surface area contributed by atoms with Crippen molar-refractivity contribution >= 4 is 22.9 Å². The standard InChI is InChI=1S/C16H23N3S/c1-12-10-18-9-3-2-4-15(18)11-19(12)14-7-5-13(6-8-14)16(17)20/h5-8,12,15H,2-4,9-11H2,1H3,(H2,17,20). The SMILES string of the molecule is CC1CN2CCCCC2CN1c1ccc(C(N)=S)cc1. The van der Waals surface area contributed by atoms with Gasteiger partial charge in [-0.25, -0.2) is 0 Å². The average molecular weight is 289 g/mol. The molecule has 3 nitrogen and oxygen atoms in total. The number of anilines is 1. The zero-order chi connectivity index (χ0) is 14.1. The van der Waals surface area contributed by atoms with Gasteiger partial charge in [-0.15, -0.1) is 0 Å². The van der Waals surface area contributed by atoms with Crippen LogP contribution in [0.2, 0.25) is 0 Å². The molecule has 1 aromatic carbocycles. The first kappa shape index (κ1) is 13.8. The third-order valence-electron chi connectivity index (χ3n) is 4.67. The number of fused-ring (bicyclic) bond motifs is 1. The smallest absolute Gasteiger partial charge is 0.103 e. The van der Waals surface area contributed by atoms with Gasteiger partial charge >= 0.3 is 0 Å². The minimum absolute atomic E-state index is 0.474. The van der Waals surface area contributed by atoms with Crippen LogP contribution in [-0.2, 0) is 0 Å². The van der Waals surface area contributed by atoms with E-state index in [1.54, 1.807) is 0 Å². The van der Waals surface area contributed by atoms with E-state index < -0.39 is 0 Å². The summed E-state index contributed by atoms with van der Waals surface area (Å²) in [4.78, 5) is 5.69. The summed E-state index contributed by atoms with van der Waals surface area (Å²) in [5.41, 5.74) is 7.91.